The van der Waals surface area contributed by atoms with E-state index in [0.717, 1.165) is 11.4 Å². The van der Waals surface area contributed by atoms with Crippen molar-refractivity contribution >= 4 is 27.5 Å². The second-order valence-corrected chi connectivity index (χ2v) is 6.66. The normalized spacial score (nSPS) is 15.4. The van der Waals surface area contributed by atoms with E-state index < -0.39 is 5.92 Å². The fourth-order valence-electron chi connectivity index (χ4n) is 3.18. The van der Waals surface area contributed by atoms with Gasteiger partial charge in [0.15, 0.2) is 23.1 Å². The van der Waals surface area contributed by atoms with Gasteiger partial charge in [0.25, 0.3) is 0 Å². The fraction of sp³-hybridized carbons (Fsp3) is 0.333. The molecule has 0 bridgehead atoms. The van der Waals surface area contributed by atoms with Crippen molar-refractivity contribution in [2.24, 2.45) is 0 Å². The van der Waals surface area contributed by atoms with Crippen LogP contribution >= 0.6 is 15.9 Å². The second-order valence-electron chi connectivity index (χ2n) is 5.80. The van der Waals surface area contributed by atoms with E-state index in [9.17, 15) is 14.7 Å². The van der Waals surface area contributed by atoms with Crippen LogP contribution in [0.5, 0.6) is 11.5 Å². The van der Waals surface area contributed by atoms with E-state index in [1.807, 2.05) is 13.8 Å². The number of ether oxygens (including phenoxy) is 1. The molecule has 6 heteroatoms. The Balaban J connectivity index is 2.78. The molecular weight excluding hydrogens is 374 g/mol. The Hall–Kier alpha value is -2.08. The molecule has 0 atom stereocenters. The van der Waals surface area contributed by atoms with Gasteiger partial charge in [-0.3, -0.25) is 9.59 Å². The number of nitrogens with one attached hydrogen (secondary N) is 1. The Labute approximate surface area is 149 Å². The van der Waals surface area contributed by atoms with Gasteiger partial charge >= 0.3 is 0 Å². The lowest BCUT2D eigenvalue weighted by Crippen LogP contribution is -2.29. The molecule has 1 aromatic rings. The minimum absolute atomic E-state index is 0.0228. The highest BCUT2D eigenvalue weighted by atomic mass is 79.9. The quantitative estimate of drug-likeness (QED) is 0.817. The number of rotatable bonds is 4. The van der Waals surface area contributed by atoms with Gasteiger partial charge in [0, 0.05) is 28.5 Å². The van der Waals surface area contributed by atoms with Crippen molar-refractivity contribution in [1.82, 2.24) is 5.32 Å². The number of phenols is 1. The summed E-state index contributed by atoms with van der Waals surface area (Å²) in [6.07, 6.45) is 0. The molecule has 0 aliphatic carbocycles. The van der Waals surface area contributed by atoms with E-state index in [0.29, 0.717) is 21.2 Å². The second kappa shape index (κ2) is 6.81. The summed E-state index contributed by atoms with van der Waals surface area (Å²) in [6.45, 7) is 6.60. The minimum Gasteiger partial charge on any atom is -0.503 e. The number of allylic oxidation sites excluding steroid dienone is 4. The molecule has 0 fully saturated rings. The zero-order valence-corrected chi connectivity index (χ0v) is 15.9. The molecular formula is C18H20BrNO4. The van der Waals surface area contributed by atoms with Gasteiger partial charge in [-0.15, -0.1) is 0 Å². The first-order chi connectivity index (χ1) is 11.2. The number of carbonyl (C=O) groups excluding carboxylic acids is 2. The summed E-state index contributed by atoms with van der Waals surface area (Å²) in [4.78, 5) is 24.5. The van der Waals surface area contributed by atoms with Crippen LogP contribution in [0.4, 0.5) is 0 Å². The maximum atomic E-state index is 12.2. The highest BCUT2D eigenvalue weighted by Gasteiger charge is 2.34. The molecule has 0 aromatic heterocycles. The van der Waals surface area contributed by atoms with Gasteiger partial charge in [-0.25, -0.2) is 0 Å². The van der Waals surface area contributed by atoms with Crippen molar-refractivity contribution in [2.45, 2.75) is 33.6 Å². The molecule has 1 aliphatic rings. The predicted octanol–water partition coefficient (Wildman–Crippen LogP) is 3.58. The summed E-state index contributed by atoms with van der Waals surface area (Å²) in [5.41, 5.74) is 3.21. The Kier molecular flexibility index (Phi) is 5.18. The number of ketones is 2. The lowest BCUT2D eigenvalue weighted by atomic mass is 9.77. The lowest BCUT2D eigenvalue weighted by Gasteiger charge is -2.31. The van der Waals surface area contributed by atoms with E-state index in [1.165, 1.54) is 21.0 Å². The van der Waals surface area contributed by atoms with Crippen LogP contribution in [0, 0.1) is 0 Å². The number of methoxy groups -OCH3 is 1. The molecule has 2 N–H and O–H groups in total. The van der Waals surface area contributed by atoms with Crippen molar-refractivity contribution in [3.05, 3.63) is 44.7 Å². The van der Waals surface area contributed by atoms with E-state index in [2.05, 4.69) is 21.2 Å². The van der Waals surface area contributed by atoms with Gasteiger partial charge in [-0.05, 0) is 61.3 Å². The smallest absolute Gasteiger partial charge is 0.172 e. The Bertz CT molecular complexity index is 756. The number of dihydropyridines is 1. The molecule has 24 heavy (non-hydrogen) atoms. The predicted molar refractivity (Wildman–Crippen MR) is 95.0 cm³/mol. The molecule has 1 aliphatic heterocycles. The van der Waals surface area contributed by atoms with Gasteiger partial charge in [0.2, 0.25) is 0 Å². The van der Waals surface area contributed by atoms with E-state index in [-0.39, 0.29) is 23.1 Å². The van der Waals surface area contributed by atoms with Gasteiger partial charge < -0.3 is 15.2 Å². The van der Waals surface area contributed by atoms with Crippen LogP contribution in [0.25, 0.3) is 0 Å². The van der Waals surface area contributed by atoms with Gasteiger partial charge in [0.1, 0.15) is 0 Å². The summed E-state index contributed by atoms with van der Waals surface area (Å²) in [7, 11) is 1.45. The van der Waals surface area contributed by atoms with Gasteiger partial charge in [0.05, 0.1) is 11.6 Å². The zero-order chi connectivity index (χ0) is 18.2. The van der Waals surface area contributed by atoms with Crippen molar-refractivity contribution in [2.75, 3.05) is 7.11 Å². The molecule has 0 spiro atoms. The molecule has 5 nitrogen and oxygen atoms in total. The third-order valence-corrected chi connectivity index (χ3v) is 4.73. The molecule has 2 rings (SSSR count). The lowest BCUT2D eigenvalue weighted by molar-refractivity contribution is -0.114. The highest BCUT2D eigenvalue weighted by molar-refractivity contribution is 9.10. The standard InChI is InChI=1S/C18H20BrNO4/c1-8-15(10(3)21)17(16(11(4)22)9(2)20-8)12-6-13(19)18(23)14(7-12)24-5/h6-7,17,20,23H,1-5H3. The zero-order valence-electron chi connectivity index (χ0n) is 14.3. The van der Waals surface area contributed by atoms with E-state index in [1.54, 1.807) is 12.1 Å². The molecule has 0 saturated heterocycles. The summed E-state index contributed by atoms with van der Waals surface area (Å²) < 4.78 is 5.65. The maximum Gasteiger partial charge on any atom is 0.172 e. The first-order valence-electron chi connectivity index (χ1n) is 7.45. The van der Waals surface area contributed by atoms with Crippen molar-refractivity contribution in [3.63, 3.8) is 0 Å². The Morgan fingerprint density at radius 3 is 2.04 bits per heavy atom. The molecule has 1 aromatic carbocycles. The SMILES string of the molecule is COc1cc(C2C(C(C)=O)=C(C)NC(C)=C2C(C)=O)cc(Br)c1O. The molecule has 0 unspecified atom stereocenters. The molecule has 0 radical (unpaired) electrons. The average Bonchev–Trinajstić information content (AvgIpc) is 2.48. The number of hydrogen-bond acceptors (Lipinski definition) is 5. The molecule has 0 amide bonds. The topological polar surface area (TPSA) is 75.6 Å². The first kappa shape index (κ1) is 18.3. The summed E-state index contributed by atoms with van der Waals surface area (Å²) in [5.74, 6) is -0.477. The Morgan fingerprint density at radius 1 is 1.12 bits per heavy atom. The largest absolute Gasteiger partial charge is 0.503 e. The van der Waals surface area contributed by atoms with Crippen LogP contribution in [0.15, 0.2) is 39.1 Å². The number of hydrogen-bond donors (Lipinski definition) is 2. The van der Waals surface area contributed by atoms with Crippen LogP contribution in [-0.2, 0) is 9.59 Å². The number of halogens is 1. The first-order valence-corrected chi connectivity index (χ1v) is 8.25. The van der Waals surface area contributed by atoms with Crippen LogP contribution in [0.1, 0.15) is 39.2 Å². The third kappa shape index (κ3) is 3.11. The van der Waals surface area contributed by atoms with E-state index in [4.69, 9.17) is 4.74 Å². The number of aromatic hydroxyl groups is 1. The average molecular weight is 394 g/mol. The minimum atomic E-state index is -0.507. The number of benzene rings is 1. The molecule has 1 heterocycles. The number of phenolic OH excluding ortho intramolecular Hbond substituents is 1. The monoisotopic (exact) mass is 393 g/mol. The van der Waals surface area contributed by atoms with Crippen molar-refractivity contribution in [3.8, 4) is 11.5 Å². The van der Waals surface area contributed by atoms with Gasteiger partial charge in [-0.1, -0.05) is 0 Å². The fourth-order valence-corrected chi connectivity index (χ4v) is 3.64. The molecule has 0 saturated carbocycles. The van der Waals surface area contributed by atoms with Crippen LogP contribution in [-0.4, -0.2) is 23.8 Å². The number of Topliss-reactive ketones (excluding diaryl/α,β-unsaturated/α-hetero) is 2. The van der Waals surface area contributed by atoms with Crippen LogP contribution < -0.4 is 10.1 Å². The maximum absolute atomic E-state index is 12.2. The Morgan fingerprint density at radius 2 is 1.62 bits per heavy atom. The van der Waals surface area contributed by atoms with Crippen LogP contribution in [0.3, 0.4) is 0 Å². The van der Waals surface area contributed by atoms with Crippen molar-refractivity contribution in [1.29, 1.82) is 0 Å². The highest BCUT2D eigenvalue weighted by Crippen LogP contribution is 2.44. The molecule has 128 valence electrons. The summed E-state index contributed by atoms with van der Waals surface area (Å²) >= 11 is 3.30. The summed E-state index contributed by atoms with van der Waals surface area (Å²) in [6, 6.07) is 3.36. The van der Waals surface area contributed by atoms with Crippen LogP contribution in [0.2, 0.25) is 0 Å². The summed E-state index contributed by atoms with van der Waals surface area (Å²) in [5, 5.41) is 13.2. The van der Waals surface area contributed by atoms with Gasteiger partial charge in [-0.2, -0.15) is 0 Å². The van der Waals surface area contributed by atoms with E-state index >= 15 is 0 Å². The van der Waals surface area contributed by atoms with Crippen molar-refractivity contribution < 1.29 is 19.4 Å². The number of carbonyl (C=O) groups is 2. The third-order valence-electron chi connectivity index (χ3n) is 4.12.